The zero-order valence-electron chi connectivity index (χ0n) is 41.3. The van der Waals surface area contributed by atoms with Crippen LogP contribution in [0.5, 0.6) is 34.5 Å². The molecule has 366 valence electrons. The number of benzene rings is 6. The summed E-state index contributed by atoms with van der Waals surface area (Å²) in [6, 6.07) is 40.0. The molecule has 0 spiro atoms. The monoisotopic (exact) mass is 946 g/mol. The van der Waals surface area contributed by atoms with Gasteiger partial charge in [0.05, 0.1) is 35.5 Å². The largest absolute Gasteiger partial charge is 0.494 e. The normalized spacial score (nSPS) is 11.9. The van der Waals surface area contributed by atoms with Crippen LogP contribution in [0.25, 0.3) is 11.1 Å². The standard InChI is InChI=1S/C60H66O10/c1-41(2)10-7-12-43(5)36-38-65-51-26-18-46(19-27-51)57(61)68-54-32-22-48(23-33-54)59(63)67-53-30-16-45(17-31-53)50-14-9-15-56(40-50)70-60(64)49-24-34-55(35-25-49)69-58(62)47-20-28-52(29-21-47)66-39-37-44(6)13-8-11-42(3)4/h9,14-35,40-44H,7-8,10-13,36-39H2,1-6H3. The molecule has 0 fully saturated rings. The third-order valence-corrected chi connectivity index (χ3v) is 11.9. The molecule has 6 aromatic carbocycles. The lowest BCUT2D eigenvalue weighted by Crippen LogP contribution is -2.10. The van der Waals surface area contributed by atoms with Crippen LogP contribution in [0.1, 0.15) is 134 Å². The minimum Gasteiger partial charge on any atom is -0.494 e. The smallest absolute Gasteiger partial charge is 0.343 e. The molecule has 70 heavy (non-hydrogen) atoms. The van der Waals surface area contributed by atoms with E-state index in [4.69, 9.17) is 28.4 Å². The van der Waals surface area contributed by atoms with Gasteiger partial charge in [-0.3, -0.25) is 0 Å². The molecule has 0 heterocycles. The third-order valence-electron chi connectivity index (χ3n) is 11.9. The molecule has 10 nitrogen and oxygen atoms in total. The van der Waals surface area contributed by atoms with E-state index in [2.05, 4.69) is 41.5 Å². The number of carbonyl (C=O) groups is 4. The van der Waals surface area contributed by atoms with Gasteiger partial charge in [0.1, 0.15) is 34.5 Å². The molecule has 0 saturated carbocycles. The topological polar surface area (TPSA) is 124 Å². The molecule has 0 amide bonds. The van der Waals surface area contributed by atoms with Crippen molar-refractivity contribution in [2.45, 2.75) is 92.9 Å². The first-order valence-electron chi connectivity index (χ1n) is 24.5. The predicted octanol–water partition coefficient (Wildman–Crippen LogP) is 14.7. The van der Waals surface area contributed by atoms with E-state index in [0.29, 0.717) is 59.2 Å². The van der Waals surface area contributed by atoms with E-state index in [1.165, 1.54) is 62.8 Å². The van der Waals surface area contributed by atoms with Crippen LogP contribution in [0.4, 0.5) is 0 Å². The highest BCUT2D eigenvalue weighted by Gasteiger charge is 2.16. The Balaban J connectivity index is 0.917. The van der Waals surface area contributed by atoms with Crippen LogP contribution >= 0.6 is 0 Å². The highest BCUT2D eigenvalue weighted by Crippen LogP contribution is 2.28. The fourth-order valence-electron chi connectivity index (χ4n) is 7.60. The van der Waals surface area contributed by atoms with Crippen molar-refractivity contribution in [2.24, 2.45) is 23.7 Å². The second-order valence-corrected chi connectivity index (χ2v) is 18.8. The van der Waals surface area contributed by atoms with Gasteiger partial charge in [-0.05, 0) is 169 Å². The Morgan fingerprint density at radius 2 is 0.671 bits per heavy atom. The van der Waals surface area contributed by atoms with Gasteiger partial charge in [-0.25, -0.2) is 19.2 Å². The fourth-order valence-corrected chi connectivity index (χ4v) is 7.60. The summed E-state index contributed by atoms with van der Waals surface area (Å²) in [4.78, 5) is 51.8. The van der Waals surface area contributed by atoms with Gasteiger partial charge in [-0.2, -0.15) is 0 Å². The average molecular weight is 947 g/mol. The zero-order valence-corrected chi connectivity index (χ0v) is 41.3. The molecule has 0 N–H and O–H groups in total. The van der Waals surface area contributed by atoms with Crippen LogP contribution in [0.2, 0.25) is 0 Å². The summed E-state index contributed by atoms with van der Waals surface area (Å²) in [6.45, 7) is 14.8. The Morgan fingerprint density at radius 1 is 0.343 bits per heavy atom. The van der Waals surface area contributed by atoms with E-state index in [-0.39, 0.29) is 22.6 Å². The SMILES string of the molecule is CC(C)CCCC(C)CCOc1ccc(C(=O)Oc2ccc(C(=O)Oc3ccc(-c4cccc(OC(=O)c5ccc(OC(=O)c6ccc(OCCC(C)CCCC(C)C)cc6)cc5)c4)cc3)cc2)cc1. The summed E-state index contributed by atoms with van der Waals surface area (Å²) in [7, 11) is 0. The lowest BCUT2D eigenvalue weighted by Gasteiger charge is -2.13. The lowest BCUT2D eigenvalue weighted by atomic mass is 9.98. The molecule has 0 saturated heterocycles. The maximum atomic E-state index is 13.1. The van der Waals surface area contributed by atoms with Gasteiger partial charge in [-0.1, -0.05) is 104 Å². The van der Waals surface area contributed by atoms with Crippen molar-refractivity contribution in [2.75, 3.05) is 13.2 Å². The molecular formula is C60H66O10. The van der Waals surface area contributed by atoms with Crippen molar-refractivity contribution in [3.63, 3.8) is 0 Å². The fraction of sp³-hybridized carbons (Fsp3) is 0.333. The Labute approximate surface area is 413 Å². The van der Waals surface area contributed by atoms with Crippen molar-refractivity contribution in [1.82, 2.24) is 0 Å². The van der Waals surface area contributed by atoms with Crippen LogP contribution in [0, 0.1) is 23.7 Å². The molecule has 10 heteroatoms. The molecule has 6 rings (SSSR count). The molecule has 2 unspecified atom stereocenters. The summed E-state index contributed by atoms with van der Waals surface area (Å²) in [5.74, 6) is 3.07. The van der Waals surface area contributed by atoms with Gasteiger partial charge < -0.3 is 28.4 Å². The minimum absolute atomic E-state index is 0.276. The third kappa shape index (κ3) is 17.1. The number of esters is 4. The van der Waals surface area contributed by atoms with E-state index in [1.807, 2.05) is 6.07 Å². The lowest BCUT2D eigenvalue weighted by molar-refractivity contribution is 0.0720. The second kappa shape index (κ2) is 26.5. The summed E-state index contributed by atoms with van der Waals surface area (Å²) in [5.41, 5.74) is 2.89. The Morgan fingerprint density at radius 3 is 1.03 bits per heavy atom. The first-order valence-corrected chi connectivity index (χ1v) is 24.5. The molecule has 0 aromatic heterocycles. The second-order valence-electron chi connectivity index (χ2n) is 18.8. The van der Waals surface area contributed by atoms with E-state index in [0.717, 1.165) is 35.8 Å². The van der Waals surface area contributed by atoms with Gasteiger partial charge in [0.2, 0.25) is 0 Å². The van der Waals surface area contributed by atoms with Crippen molar-refractivity contribution < 1.29 is 47.6 Å². The van der Waals surface area contributed by atoms with Crippen molar-refractivity contribution in [1.29, 1.82) is 0 Å². The minimum atomic E-state index is -0.581. The highest BCUT2D eigenvalue weighted by atomic mass is 16.5. The predicted molar refractivity (Wildman–Crippen MR) is 273 cm³/mol. The maximum Gasteiger partial charge on any atom is 0.343 e. The van der Waals surface area contributed by atoms with Gasteiger partial charge >= 0.3 is 23.9 Å². The van der Waals surface area contributed by atoms with Gasteiger partial charge in [-0.15, -0.1) is 0 Å². The van der Waals surface area contributed by atoms with Crippen molar-refractivity contribution >= 4 is 23.9 Å². The van der Waals surface area contributed by atoms with E-state index in [1.54, 1.807) is 115 Å². The molecule has 0 aliphatic rings. The van der Waals surface area contributed by atoms with Gasteiger partial charge in [0.15, 0.2) is 0 Å². The van der Waals surface area contributed by atoms with E-state index < -0.39 is 23.9 Å². The number of hydrogen-bond acceptors (Lipinski definition) is 10. The van der Waals surface area contributed by atoms with Crippen LogP contribution in [-0.4, -0.2) is 37.1 Å². The first kappa shape index (κ1) is 52.2. The molecule has 0 aliphatic heterocycles. The summed E-state index contributed by atoms with van der Waals surface area (Å²) in [6.07, 6.45) is 9.30. The van der Waals surface area contributed by atoms with E-state index >= 15 is 0 Å². The van der Waals surface area contributed by atoms with E-state index in [9.17, 15) is 19.2 Å². The van der Waals surface area contributed by atoms with Crippen molar-refractivity contribution in [3.8, 4) is 45.6 Å². The summed E-state index contributed by atoms with van der Waals surface area (Å²) >= 11 is 0. The number of carbonyl (C=O) groups excluding carboxylic acids is 4. The zero-order chi connectivity index (χ0) is 49.8. The van der Waals surface area contributed by atoms with Crippen LogP contribution in [0.15, 0.2) is 146 Å². The van der Waals surface area contributed by atoms with Crippen molar-refractivity contribution in [3.05, 3.63) is 168 Å². The molecule has 0 aliphatic carbocycles. The van der Waals surface area contributed by atoms with Crippen LogP contribution in [-0.2, 0) is 0 Å². The molecule has 0 radical (unpaired) electrons. The molecule has 0 bridgehead atoms. The summed E-state index contributed by atoms with van der Waals surface area (Å²) in [5, 5.41) is 0. The highest BCUT2D eigenvalue weighted by molar-refractivity contribution is 5.94. The maximum absolute atomic E-state index is 13.1. The van der Waals surface area contributed by atoms with Crippen LogP contribution in [0.3, 0.4) is 0 Å². The molecule has 2 atom stereocenters. The number of hydrogen-bond donors (Lipinski definition) is 0. The summed E-state index contributed by atoms with van der Waals surface area (Å²) < 4.78 is 34.2. The quantitative estimate of drug-likeness (QED) is 0.0405. The number of rotatable bonds is 25. The van der Waals surface area contributed by atoms with Crippen LogP contribution < -0.4 is 28.4 Å². The van der Waals surface area contributed by atoms with Gasteiger partial charge in [0.25, 0.3) is 0 Å². The Bertz CT molecular complexity index is 2580. The van der Waals surface area contributed by atoms with Gasteiger partial charge in [0, 0.05) is 0 Å². The number of ether oxygens (including phenoxy) is 6. The molecular weight excluding hydrogens is 881 g/mol. The first-order chi connectivity index (χ1) is 33.8. The molecule has 6 aromatic rings. The Kier molecular flexibility index (Phi) is 19.8. The Hall–Kier alpha value is -7.20. The average Bonchev–Trinajstić information content (AvgIpc) is 3.35.